The van der Waals surface area contributed by atoms with Crippen LogP contribution in [0.25, 0.3) is 0 Å². The van der Waals surface area contributed by atoms with Crippen LogP contribution >= 0.6 is 0 Å². The van der Waals surface area contributed by atoms with Gasteiger partial charge < -0.3 is 20.5 Å². The van der Waals surface area contributed by atoms with Gasteiger partial charge >= 0.3 is 11.8 Å². The number of benzene rings is 1. The molecule has 7 nitrogen and oxygen atoms in total. The molecule has 1 unspecified atom stereocenters. The monoisotopic (exact) mass is 361 g/mol. The average Bonchev–Trinajstić information content (AvgIpc) is 3.53. The number of rotatable bonds is 7. The smallest absolute Gasteiger partial charge is 0.309 e. The van der Waals surface area contributed by atoms with Crippen LogP contribution < -0.4 is 10.6 Å². The van der Waals surface area contributed by atoms with Crippen molar-refractivity contribution in [3.63, 3.8) is 0 Å². The summed E-state index contributed by atoms with van der Waals surface area (Å²) in [6, 6.07) is 9.32. The van der Waals surface area contributed by atoms with E-state index in [1.165, 1.54) is 0 Å². The Bertz CT molecular complexity index is 614. The van der Waals surface area contributed by atoms with E-state index in [0.29, 0.717) is 26.3 Å². The van der Waals surface area contributed by atoms with Crippen LogP contribution in [0.1, 0.15) is 18.4 Å². The van der Waals surface area contributed by atoms with E-state index >= 15 is 0 Å². The lowest BCUT2D eigenvalue weighted by Crippen LogP contribution is -2.48. The fourth-order valence-corrected chi connectivity index (χ4v) is 3.30. The molecule has 1 heterocycles. The summed E-state index contributed by atoms with van der Waals surface area (Å²) in [5.41, 5.74) is -0.346. The Morgan fingerprint density at radius 1 is 1.12 bits per heavy atom. The van der Waals surface area contributed by atoms with Crippen molar-refractivity contribution in [2.24, 2.45) is 5.92 Å². The molecule has 1 saturated heterocycles. The van der Waals surface area contributed by atoms with Crippen LogP contribution in [-0.4, -0.2) is 67.8 Å². The summed E-state index contributed by atoms with van der Waals surface area (Å²) >= 11 is 0. The molecule has 0 aromatic heterocycles. The van der Waals surface area contributed by atoms with Crippen molar-refractivity contribution in [3.05, 3.63) is 35.9 Å². The van der Waals surface area contributed by atoms with Crippen LogP contribution in [0.5, 0.6) is 0 Å². The maximum atomic E-state index is 12.1. The molecule has 0 spiro atoms. The molecular weight excluding hydrogens is 334 g/mol. The lowest BCUT2D eigenvalue weighted by atomic mass is 9.88. The van der Waals surface area contributed by atoms with E-state index in [1.54, 1.807) is 0 Å². The number of aliphatic hydroxyl groups is 1. The second-order valence-electron chi connectivity index (χ2n) is 6.96. The molecule has 0 bridgehead atoms. The number of amides is 2. The van der Waals surface area contributed by atoms with Gasteiger partial charge in [0, 0.05) is 26.2 Å². The van der Waals surface area contributed by atoms with Crippen molar-refractivity contribution >= 4 is 11.8 Å². The van der Waals surface area contributed by atoms with Gasteiger partial charge in [0.2, 0.25) is 0 Å². The van der Waals surface area contributed by atoms with Crippen LogP contribution in [0.2, 0.25) is 0 Å². The number of nitrogens with zero attached hydrogens (tertiary/aromatic N) is 1. The molecule has 1 aliphatic carbocycles. The number of hydrogen-bond acceptors (Lipinski definition) is 5. The Morgan fingerprint density at radius 2 is 1.77 bits per heavy atom. The van der Waals surface area contributed by atoms with Gasteiger partial charge in [-0.25, -0.2) is 0 Å². The highest BCUT2D eigenvalue weighted by molar-refractivity contribution is 6.35. The van der Waals surface area contributed by atoms with Gasteiger partial charge in [-0.3, -0.25) is 14.5 Å². The molecule has 142 valence electrons. The Hall–Kier alpha value is -1.96. The first-order valence-corrected chi connectivity index (χ1v) is 9.23. The molecule has 1 atom stereocenters. The molecule has 3 rings (SSSR count). The third kappa shape index (κ3) is 4.81. The molecule has 26 heavy (non-hydrogen) atoms. The minimum absolute atomic E-state index is 0.0391. The van der Waals surface area contributed by atoms with Crippen molar-refractivity contribution in [1.29, 1.82) is 0 Å². The third-order valence-electron chi connectivity index (χ3n) is 5.07. The molecular formula is C19H27N3O4. The first-order valence-electron chi connectivity index (χ1n) is 9.23. The van der Waals surface area contributed by atoms with Gasteiger partial charge in [0.25, 0.3) is 0 Å². The predicted molar refractivity (Wildman–Crippen MR) is 96.3 cm³/mol. The van der Waals surface area contributed by atoms with Crippen LogP contribution in [0, 0.1) is 5.92 Å². The number of carbonyl (C=O) groups excluding carboxylic acids is 2. The number of carbonyl (C=O) groups is 2. The van der Waals surface area contributed by atoms with Crippen LogP contribution in [0.3, 0.4) is 0 Å². The summed E-state index contributed by atoms with van der Waals surface area (Å²) in [6.07, 6.45) is 1.85. The maximum absolute atomic E-state index is 12.1. The van der Waals surface area contributed by atoms with E-state index < -0.39 is 17.4 Å². The SMILES string of the molecule is O=C(NCCN1CCOCC1)C(=O)NCC(O)(c1ccccc1)C1CC1. The summed E-state index contributed by atoms with van der Waals surface area (Å²) in [5, 5.41) is 16.3. The summed E-state index contributed by atoms with van der Waals surface area (Å²) < 4.78 is 5.27. The summed E-state index contributed by atoms with van der Waals surface area (Å²) in [7, 11) is 0. The fraction of sp³-hybridized carbons (Fsp3) is 0.579. The van der Waals surface area contributed by atoms with Gasteiger partial charge in [0.15, 0.2) is 0 Å². The van der Waals surface area contributed by atoms with E-state index in [1.807, 2.05) is 30.3 Å². The van der Waals surface area contributed by atoms with Gasteiger partial charge in [-0.2, -0.15) is 0 Å². The highest BCUT2D eigenvalue weighted by Crippen LogP contribution is 2.45. The summed E-state index contributed by atoms with van der Waals surface area (Å²) in [4.78, 5) is 26.2. The number of morpholine rings is 1. The van der Waals surface area contributed by atoms with Crippen molar-refractivity contribution in [1.82, 2.24) is 15.5 Å². The van der Waals surface area contributed by atoms with Crippen molar-refractivity contribution in [2.75, 3.05) is 45.9 Å². The zero-order valence-electron chi connectivity index (χ0n) is 14.9. The molecule has 0 radical (unpaired) electrons. The average molecular weight is 361 g/mol. The van der Waals surface area contributed by atoms with E-state index in [4.69, 9.17) is 4.74 Å². The molecule has 1 aliphatic heterocycles. The largest absolute Gasteiger partial charge is 0.383 e. The lowest BCUT2D eigenvalue weighted by Gasteiger charge is -2.29. The van der Waals surface area contributed by atoms with E-state index in [-0.39, 0.29) is 12.5 Å². The first kappa shape index (κ1) is 18.8. The van der Waals surface area contributed by atoms with Crippen molar-refractivity contribution in [3.8, 4) is 0 Å². The van der Waals surface area contributed by atoms with Gasteiger partial charge in [-0.15, -0.1) is 0 Å². The number of nitrogens with one attached hydrogen (secondary N) is 2. The highest BCUT2D eigenvalue weighted by atomic mass is 16.5. The fourth-order valence-electron chi connectivity index (χ4n) is 3.30. The number of hydrogen-bond donors (Lipinski definition) is 3. The van der Waals surface area contributed by atoms with Crippen molar-refractivity contribution < 1.29 is 19.4 Å². The predicted octanol–water partition coefficient (Wildman–Crippen LogP) is -0.151. The normalized spacial score (nSPS) is 20.2. The summed E-state index contributed by atoms with van der Waals surface area (Å²) in [6.45, 7) is 4.23. The minimum atomic E-state index is -1.12. The zero-order valence-corrected chi connectivity index (χ0v) is 14.9. The lowest BCUT2D eigenvalue weighted by molar-refractivity contribution is -0.140. The topological polar surface area (TPSA) is 90.9 Å². The molecule has 1 aromatic rings. The standard InChI is InChI=1S/C19H27N3O4/c23-17(20-8-9-22-10-12-26-13-11-22)18(24)21-14-19(25,16-6-7-16)15-4-2-1-3-5-15/h1-5,16,25H,6-14H2,(H,20,23)(H,21,24). The molecule has 2 fully saturated rings. The first-order chi connectivity index (χ1) is 12.6. The quantitative estimate of drug-likeness (QED) is 0.588. The van der Waals surface area contributed by atoms with Gasteiger partial charge in [0.1, 0.15) is 5.60 Å². The zero-order chi connectivity index (χ0) is 18.4. The van der Waals surface area contributed by atoms with E-state index in [0.717, 1.165) is 31.5 Å². The molecule has 3 N–H and O–H groups in total. The highest BCUT2D eigenvalue weighted by Gasteiger charge is 2.45. The van der Waals surface area contributed by atoms with E-state index in [9.17, 15) is 14.7 Å². The van der Waals surface area contributed by atoms with Crippen molar-refractivity contribution in [2.45, 2.75) is 18.4 Å². The Balaban J connectivity index is 1.45. The molecule has 1 saturated carbocycles. The van der Waals surface area contributed by atoms with Crippen LogP contribution in [-0.2, 0) is 19.9 Å². The Labute approximate surface area is 153 Å². The number of ether oxygens (including phenoxy) is 1. The minimum Gasteiger partial charge on any atom is -0.383 e. The molecule has 7 heteroatoms. The van der Waals surface area contributed by atoms with Gasteiger partial charge in [-0.05, 0) is 24.3 Å². The molecule has 2 aliphatic rings. The van der Waals surface area contributed by atoms with Crippen LogP contribution in [0.4, 0.5) is 0 Å². The molecule has 2 amide bonds. The van der Waals surface area contributed by atoms with Gasteiger partial charge in [-0.1, -0.05) is 30.3 Å². The molecule has 1 aromatic carbocycles. The summed E-state index contributed by atoms with van der Waals surface area (Å²) in [5.74, 6) is -1.25. The maximum Gasteiger partial charge on any atom is 0.309 e. The van der Waals surface area contributed by atoms with E-state index in [2.05, 4.69) is 15.5 Å². The third-order valence-corrected chi connectivity index (χ3v) is 5.07. The second kappa shape index (κ2) is 8.62. The van der Waals surface area contributed by atoms with Crippen LogP contribution in [0.15, 0.2) is 30.3 Å². The Kier molecular flexibility index (Phi) is 6.24. The van der Waals surface area contributed by atoms with Gasteiger partial charge in [0.05, 0.1) is 19.8 Å². The Morgan fingerprint density at radius 3 is 2.42 bits per heavy atom. The second-order valence-corrected chi connectivity index (χ2v) is 6.96.